The normalized spacial score (nSPS) is 13.9. The summed E-state index contributed by atoms with van der Waals surface area (Å²) in [5, 5.41) is 0. The van der Waals surface area contributed by atoms with Crippen LogP contribution in [0.25, 0.3) is 0 Å². The molecule has 1 atom stereocenters. The van der Waals surface area contributed by atoms with Crippen molar-refractivity contribution in [2.45, 2.75) is 19.9 Å². The topological polar surface area (TPSA) is 47.3 Å². The summed E-state index contributed by atoms with van der Waals surface area (Å²) in [5.41, 5.74) is 2.57. The standard InChI is InChI=1S/C5H14N2O/c1-3-8-4-5(2)7-6/h5,7H,3-4,6H2,1-2H3/t5-/m0/s1. The second-order valence-electron chi connectivity index (χ2n) is 1.73. The van der Waals surface area contributed by atoms with Crippen LogP contribution in [0.2, 0.25) is 0 Å². The second-order valence-corrected chi connectivity index (χ2v) is 1.73. The van der Waals surface area contributed by atoms with E-state index in [-0.39, 0.29) is 6.04 Å². The molecular weight excluding hydrogens is 104 g/mol. The number of hydrogen-bond donors (Lipinski definition) is 2. The first-order chi connectivity index (χ1) is 3.81. The van der Waals surface area contributed by atoms with Crippen molar-refractivity contribution in [2.24, 2.45) is 5.84 Å². The Hall–Kier alpha value is -0.120. The Kier molecular flexibility index (Phi) is 4.95. The molecule has 0 rings (SSSR count). The molecule has 0 aromatic carbocycles. The van der Waals surface area contributed by atoms with Gasteiger partial charge in [-0.25, -0.2) is 0 Å². The molecule has 3 heteroatoms. The Morgan fingerprint density at radius 1 is 1.75 bits per heavy atom. The molecule has 0 bridgehead atoms. The van der Waals surface area contributed by atoms with Crippen LogP contribution in [-0.2, 0) is 4.74 Å². The molecule has 0 spiro atoms. The van der Waals surface area contributed by atoms with Gasteiger partial charge < -0.3 is 4.74 Å². The minimum Gasteiger partial charge on any atom is -0.380 e. The van der Waals surface area contributed by atoms with E-state index >= 15 is 0 Å². The average molecular weight is 118 g/mol. The smallest absolute Gasteiger partial charge is 0.0630 e. The van der Waals surface area contributed by atoms with Crippen molar-refractivity contribution in [1.29, 1.82) is 0 Å². The predicted molar refractivity (Wildman–Crippen MR) is 33.3 cm³/mol. The lowest BCUT2D eigenvalue weighted by Gasteiger charge is -2.07. The van der Waals surface area contributed by atoms with Gasteiger partial charge in [0, 0.05) is 12.6 Å². The molecule has 0 saturated carbocycles. The summed E-state index contributed by atoms with van der Waals surface area (Å²) < 4.78 is 5.04. The Bertz CT molecular complexity index is 49.7. The Labute approximate surface area is 50.2 Å². The lowest BCUT2D eigenvalue weighted by atomic mass is 10.4. The third-order valence-electron chi connectivity index (χ3n) is 0.856. The highest BCUT2D eigenvalue weighted by Gasteiger charge is 1.94. The highest BCUT2D eigenvalue weighted by atomic mass is 16.5. The van der Waals surface area contributed by atoms with Crippen LogP contribution in [0.1, 0.15) is 13.8 Å². The highest BCUT2D eigenvalue weighted by molar-refractivity contribution is 4.50. The van der Waals surface area contributed by atoms with E-state index in [4.69, 9.17) is 10.6 Å². The summed E-state index contributed by atoms with van der Waals surface area (Å²) in [6.07, 6.45) is 0. The quantitative estimate of drug-likeness (QED) is 0.399. The van der Waals surface area contributed by atoms with Crippen molar-refractivity contribution >= 4 is 0 Å². The molecule has 0 fully saturated rings. The molecule has 0 saturated heterocycles. The van der Waals surface area contributed by atoms with Crippen LogP contribution in [0.4, 0.5) is 0 Å². The van der Waals surface area contributed by atoms with E-state index in [0.717, 1.165) is 6.61 Å². The fourth-order valence-electron chi connectivity index (χ4n) is 0.343. The number of rotatable bonds is 4. The number of nitrogens with two attached hydrogens (primary N) is 1. The van der Waals surface area contributed by atoms with E-state index < -0.39 is 0 Å². The Morgan fingerprint density at radius 2 is 2.38 bits per heavy atom. The molecule has 0 unspecified atom stereocenters. The van der Waals surface area contributed by atoms with Crippen molar-refractivity contribution < 1.29 is 4.74 Å². The Balaban J connectivity index is 2.86. The van der Waals surface area contributed by atoms with Gasteiger partial charge in [-0.15, -0.1) is 0 Å². The maximum Gasteiger partial charge on any atom is 0.0630 e. The lowest BCUT2D eigenvalue weighted by molar-refractivity contribution is 0.127. The molecule has 0 radical (unpaired) electrons. The predicted octanol–water partition coefficient (Wildman–Crippen LogP) is -0.125. The number of hydrazine groups is 1. The van der Waals surface area contributed by atoms with Crippen LogP contribution in [0.5, 0.6) is 0 Å². The monoisotopic (exact) mass is 118 g/mol. The van der Waals surface area contributed by atoms with E-state index in [1.807, 2.05) is 13.8 Å². The van der Waals surface area contributed by atoms with E-state index in [2.05, 4.69) is 5.43 Å². The van der Waals surface area contributed by atoms with E-state index in [9.17, 15) is 0 Å². The molecular formula is C5H14N2O. The van der Waals surface area contributed by atoms with Crippen molar-refractivity contribution in [1.82, 2.24) is 5.43 Å². The van der Waals surface area contributed by atoms with Gasteiger partial charge in [0.2, 0.25) is 0 Å². The van der Waals surface area contributed by atoms with E-state index in [1.54, 1.807) is 0 Å². The van der Waals surface area contributed by atoms with Crippen LogP contribution in [0.15, 0.2) is 0 Å². The summed E-state index contributed by atoms with van der Waals surface area (Å²) in [4.78, 5) is 0. The van der Waals surface area contributed by atoms with Gasteiger partial charge in [0.1, 0.15) is 0 Å². The van der Waals surface area contributed by atoms with E-state index in [1.165, 1.54) is 0 Å². The maximum absolute atomic E-state index is 5.08. The zero-order valence-electron chi connectivity index (χ0n) is 5.48. The van der Waals surface area contributed by atoms with Crippen LogP contribution in [0.3, 0.4) is 0 Å². The lowest BCUT2D eigenvalue weighted by Crippen LogP contribution is -2.35. The summed E-state index contributed by atoms with van der Waals surface area (Å²) in [6, 6.07) is 0.259. The van der Waals surface area contributed by atoms with Gasteiger partial charge in [-0.3, -0.25) is 11.3 Å². The molecule has 0 aliphatic carbocycles. The van der Waals surface area contributed by atoms with Gasteiger partial charge in [0.25, 0.3) is 0 Å². The molecule has 3 nitrogen and oxygen atoms in total. The van der Waals surface area contributed by atoms with Gasteiger partial charge >= 0.3 is 0 Å². The molecule has 0 aromatic heterocycles. The van der Waals surface area contributed by atoms with Gasteiger partial charge in [0.05, 0.1) is 6.61 Å². The van der Waals surface area contributed by atoms with Crippen molar-refractivity contribution in [3.05, 3.63) is 0 Å². The maximum atomic E-state index is 5.08. The summed E-state index contributed by atoms with van der Waals surface area (Å²) in [5.74, 6) is 5.08. The van der Waals surface area contributed by atoms with Crippen molar-refractivity contribution in [3.8, 4) is 0 Å². The first-order valence-corrected chi connectivity index (χ1v) is 2.85. The van der Waals surface area contributed by atoms with Gasteiger partial charge in [-0.05, 0) is 13.8 Å². The fraction of sp³-hybridized carbons (Fsp3) is 1.00. The fourth-order valence-corrected chi connectivity index (χ4v) is 0.343. The zero-order valence-corrected chi connectivity index (χ0v) is 5.48. The van der Waals surface area contributed by atoms with Crippen molar-refractivity contribution in [3.63, 3.8) is 0 Å². The third kappa shape index (κ3) is 4.05. The minimum absolute atomic E-state index is 0.259. The molecule has 0 aliphatic rings. The Morgan fingerprint density at radius 3 is 2.75 bits per heavy atom. The highest BCUT2D eigenvalue weighted by Crippen LogP contribution is 1.79. The van der Waals surface area contributed by atoms with Gasteiger partial charge in [-0.1, -0.05) is 0 Å². The SMILES string of the molecule is CCOC[C@H](C)NN. The average Bonchev–Trinajstić information content (AvgIpc) is 1.83. The summed E-state index contributed by atoms with van der Waals surface area (Å²) >= 11 is 0. The molecule has 0 amide bonds. The van der Waals surface area contributed by atoms with E-state index in [0.29, 0.717) is 6.61 Å². The van der Waals surface area contributed by atoms with Gasteiger partial charge in [0.15, 0.2) is 0 Å². The molecule has 0 aromatic rings. The van der Waals surface area contributed by atoms with Crippen LogP contribution in [-0.4, -0.2) is 19.3 Å². The molecule has 3 N–H and O–H groups in total. The summed E-state index contributed by atoms with van der Waals surface area (Å²) in [7, 11) is 0. The zero-order chi connectivity index (χ0) is 6.41. The second kappa shape index (κ2) is 5.03. The summed E-state index contributed by atoms with van der Waals surface area (Å²) in [6.45, 7) is 5.37. The number of ether oxygens (including phenoxy) is 1. The van der Waals surface area contributed by atoms with Crippen LogP contribution >= 0.6 is 0 Å². The molecule has 50 valence electrons. The molecule has 0 heterocycles. The van der Waals surface area contributed by atoms with Crippen molar-refractivity contribution in [2.75, 3.05) is 13.2 Å². The van der Waals surface area contributed by atoms with Crippen LogP contribution < -0.4 is 11.3 Å². The largest absolute Gasteiger partial charge is 0.380 e. The first-order valence-electron chi connectivity index (χ1n) is 2.85. The number of hydrogen-bond acceptors (Lipinski definition) is 3. The third-order valence-corrected chi connectivity index (χ3v) is 0.856. The number of nitrogens with one attached hydrogen (secondary N) is 1. The first kappa shape index (κ1) is 7.88. The minimum atomic E-state index is 0.259. The van der Waals surface area contributed by atoms with Gasteiger partial charge in [-0.2, -0.15) is 0 Å². The molecule has 0 aliphatic heterocycles. The molecule has 8 heavy (non-hydrogen) atoms. The van der Waals surface area contributed by atoms with Crippen LogP contribution in [0, 0.1) is 0 Å².